The van der Waals surface area contributed by atoms with Gasteiger partial charge in [0.25, 0.3) is 0 Å². The van der Waals surface area contributed by atoms with Gasteiger partial charge in [0.05, 0.1) is 6.61 Å². The van der Waals surface area contributed by atoms with Crippen molar-refractivity contribution in [2.75, 3.05) is 6.61 Å². The van der Waals surface area contributed by atoms with E-state index in [1.165, 1.54) is 0 Å². The lowest BCUT2D eigenvalue weighted by Gasteiger charge is -2.21. The van der Waals surface area contributed by atoms with Crippen LogP contribution in [0.5, 0.6) is 0 Å². The number of nitrogens with two attached hydrogens (primary N) is 1. The van der Waals surface area contributed by atoms with E-state index in [0.717, 1.165) is 16.5 Å². The maximum Gasteiger partial charge on any atom is 0.150 e. The molecular formula is C11H20N2OS2. The molecular weight excluding hydrogens is 240 g/mol. The van der Waals surface area contributed by atoms with Crippen molar-refractivity contribution in [2.24, 2.45) is 11.7 Å². The van der Waals surface area contributed by atoms with Crippen LogP contribution in [-0.2, 0) is 0 Å². The lowest BCUT2D eigenvalue weighted by molar-refractivity contribution is 0.275. The molecule has 0 aliphatic rings. The Labute approximate surface area is 105 Å². The number of nitrogens with zero attached hydrogens (tertiary/aromatic N) is 1. The minimum absolute atomic E-state index is 0.0270. The van der Waals surface area contributed by atoms with Crippen LogP contribution in [0.1, 0.15) is 26.0 Å². The predicted octanol–water partition coefficient (Wildman–Crippen LogP) is 2.28. The summed E-state index contributed by atoms with van der Waals surface area (Å²) in [5.74, 6) is 0.558. The summed E-state index contributed by atoms with van der Waals surface area (Å²) >= 11 is 3.21. The third-order valence-corrected chi connectivity index (χ3v) is 4.67. The molecule has 3 N–H and O–H groups in total. The first-order valence-electron chi connectivity index (χ1n) is 5.48. The highest BCUT2D eigenvalue weighted by molar-refractivity contribution is 8.01. The van der Waals surface area contributed by atoms with Crippen molar-refractivity contribution in [3.05, 3.63) is 11.1 Å². The number of rotatable bonds is 6. The van der Waals surface area contributed by atoms with Gasteiger partial charge in [-0.3, -0.25) is 0 Å². The lowest BCUT2D eigenvalue weighted by atomic mass is 10.0. The van der Waals surface area contributed by atoms with Gasteiger partial charge in [0, 0.05) is 22.4 Å². The van der Waals surface area contributed by atoms with Crippen molar-refractivity contribution in [1.82, 2.24) is 4.98 Å². The second kappa shape index (κ2) is 6.59. The Hall–Kier alpha value is -0.100. The Morgan fingerprint density at radius 2 is 2.25 bits per heavy atom. The number of aryl methyl sites for hydroxylation is 1. The number of thiazole rings is 1. The maximum atomic E-state index is 9.35. The fraction of sp³-hybridized carbons (Fsp3) is 0.727. The van der Waals surface area contributed by atoms with Gasteiger partial charge in [0.2, 0.25) is 0 Å². The van der Waals surface area contributed by atoms with Crippen LogP contribution in [0, 0.1) is 12.8 Å². The molecule has 0 saturated carbocycles. The van der Waals surface area contributed by atoms with Gasteiger partial charge in [-0.25, -0.2) is 4.98 Å². The fourth-order valence-corrected chi connectivity index (χ4v) is 3.55. The van der Waals surface area contributed by atoms with Crippen molar-refractivity contribution in [1.29, 1.82) is 0 Å². The van der Waals surface area contributed by atoms with E-state index >= 15 is 0 Å². The summed E-state index contributed by atoms with van der Waals surface area (Å²) in [5.41, 5.74) is 7.11. The molecule has 5 heteroatoms. The van der Waals surface area contributed by atoms with Crippen molar-refractivity contribution >= 4 is 23.1 Å². The van der Waals surface area contributed by atoms with E-state index in [0.29, 0.717) is 5.92 Å². The van der Waals surface area contributed by atoms with Gasteiger partial charge in [-0.2, -0.15) is 0 Å². The zero-order chi connectivity index (χ0) is 12.1. The van der Waals surface area contributed by atoms with E-state index in [2.05, 4.69) is 18.8 Å². The molecule has 1 aromatic rings. The van der Waals surface area contributed by atoms with E-state index in [-0.39, 0.29) is 17.9 Å². The van der Waals surface area contributed by atoms with Crippen LogP contribution >= 0.6 is 23.1 Å². The van der Waals surface area contributed by atoms with Crippen molar-refractivity contribution in [3.63, 3.8) is 0 Å². The Bertz CT molecular complexity index is 315. The zero-order valence-electron chi connectivity index (χ0n) is 10.0. The average Bonchev–Trinajstić information content (AvgIpc) is 2.59. The Balaban J connectivity index is 2.54. The summed E-state index contributed by atoms with van der Waals surface area (Å²) < 4.78 is 0.996. The molecule has 0 aliphatic heterocycles. The molecule has 1 rings (SSSR count). The summed E-state index contributed by atoms with van der Waals surface area (Å²) in [4.78, 5) is 4.37. The fourth-order valence-electron chi connectivity index (χ4n) is 1.47. The van der Waals surface area contributed by atoms with Gasteiger partial charge < -0.3 is 10.8 Å². The van der Waals surface area contributed by atoms with Crippen molar-refractivity contribution in [2.45, 2.75) is 42.8 Å². The second-order valence-electron chi connectivity index (χ2n) is 4.39. The van der Waals surface area contributed by atoms with Crippen LogP contribution in [0.25, 0.3) is 0 Å². The third-order valence-electron chi connectivity index (χ3n) is 2.25. The first kappa shape index (κ1) is 14.0. The van der Waals surface area contributed by atoms with Crippen LogP contribution in [0.2, 0.25) is 0 Å². The molecule has 16 heavy (non-hydrogen) atoms. The molecule has 2 atom stereocenters. The van der Waals surface area contributed by atoms with E-state index in [9.17, 15) is 5.11 Å². The molecule has 0 fully saturated rings. The average molecular weight is 260 g/mol. The van der Waals surface area contributed by atoms with Gasteiger partial charge in [-0.05, 0) is 19.3 Å². The van der Waals surface area contributed by atoms with Crippen LogP contribution < -0.4 is 5.73 Å². The number of aliphatic hydroxyl groups excluding tert-OH is 1. The lowest BCUT2D eigenvalue weighted by Crippen LogP contribution is -2.36. The molecule has 92 valence electrons. The minimum atomic E-state index is 0.0270. The summed E-state index contributed by atoms with van der Waals surface area (Å²) in [7, 11) is 0. The molecule has 2 unspecified atom stereocenters. The number of thioether (sulfide) groups is 1. The topological polar surface area (TPSA) is 59.1 Å². The van der Waals surface area contributed by atoms with Crippen LogP contribution in [0.3, 0.4) is 0 Å². The standard InChI is InChI=1S/C11H20N2OS2/c1-7(2)4-9(12)10(5-14)16-11-13-8(3)6-15-11/h6-7,9-10,14H,4-5,12H2,1-3H3. The first-order valence-corrected chi connectivity index (χ1v) is 7.24. The summed E-state index contributed by atoms with van der Waals surface area (Å²) in [5, 5.41) is 11.4. The van der Waals surface area contributed by atoms with Crippen LogP contribution in [0.15, 0.2) is 9.72 Å². The number of aromatic nitrogens is 1. The van der Waals surface area contributed by atoms with Gasteiger partial charge in [0.15, 0.2) is 4.34 Å². The van der Waals surface area contributed by atoms with E-state index < -0.39 is 0 Å². The summed E-state index contributed by atoms with van der Waals surface area (Å²) in [6, 6.07) is 0.0270. The van der Waals surface area contributed by atoms with Gasteiger partial charge in [-0.1, -0.05) is 25.6 Å². The number of aliphatic hydroxyl groups is 1. The molecule has 0 amide bonds. The monoisotopic (exact) mass is 260 g/mol. The number of hydrogen-bond acceptors (Lipinski definition) is 5. The first-order chi connectivity index (χ1) is 7.52. The Morgan fingerprint density at radius 1 is 1.56 bits per heavy atom. The minimum Gasteiger partial charge on any atom is -0.395 e. The normalized spacial score (nSPS) is 15.4. The molecule has 0 saturated heterocycles. The molecule has 1 heterocycles. The van der Waals surface area contributed by atoms with Crippen LogP contribution in [-0.4, -0.2) is 28.0 Å². The van der Waals surface area contributed by atoms with E-state index in [4.69, 9.17) is 5.73 Å². The SMILES string of the molecule is Cc1csc(SC(CO)C(N)CC(C)C)n1. The zero-order valence-corrected chi connectivity index (χ0v) is 11.6. The summed E-state index contributed by atoms with van der Waals surface area (Å²) in [6.45, 7) is 6.37. The highest BCUT2D eigenvalue weighted by atomic mass is 32.2. The van der Waals surface area contributed by atoms with Gasteiger partial charge in [0.1, 0.15) is 0 Å². The Morgan fingerprint density at radius 3 is 2.69 bits per heavy atom. The molecule has 3 nitrogen and oxygen atoms in total. The third kappa shape index (κ3) is 4.41. The highest BCUT2D eigenvalue weighted by Gasteiger charge is 2.20. The second-order valence-corrected chi connectivity index (χ2v) is 6.73. The van der Waals surface area contributed by atoms with E-state index in [1.54, 1.807) is 23.1 Å². The van der Waals surface area contributed by atoms with Gasteiger partial charge in [-0.15, -0.1) is 11.3 Å². The highest BCUT2D eigenvalue weighted by Crippen LogP contribution is 2.29. The largest absolute Gasteiger partial charge is 0.395 e. The molecule has 1 aromatic heterocycles. The van der Waals surface area contributed by atoms with Gasteiger partial charge >= 0.3 is 0 Å². The smallest absolute Gasteiger partial charge is 0.150 e. The molecule has 0 aromatic carbocycles. The molecule has 0 radical (unpaired) electrons. The maximum absolute atomic E-state index is 9.35. The molecule has 0 bridgehead atoms. The van der Waals surface area contributed by atoms with Crippen LogP contribution in [0.4, 0.5) is 0 Å². The summed E-state index contributed by atoms with van der Waals surface area (Å²) in [6.07, 6.45) is 0.933. The molecule has 0 spiro atoms. The van der Waals surface area contributed by atoms with Crippen molar-refractivity contribution < 1.29 is 5.11 Å². The molecule has 0 aliphatic carbocycles. The predicted molar refractivity (Wildman–Crippen MR) is 71.0 cm³/mol. The number of hydrogen-bond donors (Lipinski definition) is 2. The van der Waals surface area contributed by atoms with E-state index in [1.807, 2.05) is 12.3 Å². The van der Waals surface area contributed by atoms with Crippen molar-refractivity contribution in [3.8, 4) is 0 Å². The Kier molecular flexibility index (Phi) is 5.75. The quantitative estimate of drug-likeness (QED) is 0.770.